The van der Waals surface area contributed by atoms with E-state index < -0.39 is 0 Å². The Morgan fingerprint density at radius 2 is 0.231 bits per heavy atom. The van der Waals surface area contributed by atoms with E-state index in [-0.39, 0.29) is 293 Å². The van der Waals surface area contributed by atoms with E-state index in [0.29, 0.717) is 0 Å². The summed E-state index contributed by atoms with van der Waals surface area (Å²) >= 11 is 0. The SMILES string of the molecule is [K+].[K+].[K+].[K+].[O-2].[O-2].[O-2].[O-2].[O-2].[O-2].[O-2].[Sb+3].[Sb+3]. The first-order valence-corrected chi connectivity index (χ1v) is 0. The molecule has 0 spiro atoms. The molecule has 13 heavy (non-hydrogen) atoms. The van der Waals surface area contributed by atoms with Crippen LogP contribution >= 0.6 is 0 Å². The van der Waals surface area contributed by atoms with Crippen molar-refractivity contribution in [3.8, 4) is 0 Å². The summed E-state index contributed by atoms with van der Waals surface area (Å²) in [4.78, 5) is 0. The van der Waals surface area contributed by atoms with Crippen molar-refractivity contribution in [2.45, 2.75) is 0 Å². The van der Waals surface area contributed by atoms with Gasteiger partial charge in [0, 0.05) is 0 Å². The van der Waals surface area contributed by atoms with Gasteiger partial charge in [0.05, 0.1) is 0 Å². The van der Waals surface area contributed by atoms with E-state index >= 15 is 0 Å². The van der Waals surface area contributed by atoms with Gasteiger partial charge in [0.15, 0.2) is 0 Å². The maximum atomic E-state index is 0. The van der Waals surface area contributed by atoms with Crippen molar-refractivity contribution in [3.63, 3.8) is 0 Å². The molecule has 0 bridgehead atoms. The first kappa shape index (κ1) is 133. The monoisotopic (exact) mass is 510 g/mol. The molecule has 0 saturated carbocycles. The molecule has 4 radical (unpaired) electrons. The molecule has 0 aromatic carbocycles. The smallest absolute Gasteiger partial charge is 2.00 e. The topological polar surface area (TPSA) is 200 Å². The van der Waals surface area contributed by atoms with Gasteiger partial charge in [-0.1, -0.05) is 0 Å². The van der Waals surface area contributed by atoms with E-state index in [1.807, 2.05) is 0 Å². The van der Waals surface area contributed by atoms with Gasteiger partial charge in [0.2, 0.25) is 0 Å². The van der Waals surface area contributed by atoms with Crippen LogP contribution in [0.3, 0.4) is 0 Å². The summed E-state index contributed by atoms with van der Waals surface area (Å²) in [5.41, 5.74) is 0. The van der Waals surface area contributed by atoms with E-state index in [2.05, 4.69) is 0 Å². The van der Waals surface area contributed by atoms with Gasteiger partial charge in [0.1, 0.15) is 0 Å². The molecule has 0 heterocycles. The summed E-state index contributed by atoms with van der Waals surface area (Å²) in [7, 11) is 0. The molecule has 0 unspecified atom stereocenters. The minimum atomic E-state index is 0. The molecule has 60 valence electrons. The summed E-state index contributed by atoms with van der Waals surface area (Å²) in [6, 6.07) is 0. The second-order valence-electron chi connectivity index (χ2n) is 0. The Kier molecular flexibility index (Phi) is 1160. The minimum Gasteiger partial charge on any atom is -2.00 e. The summed E-state index contributed by atoms with van der Waals surface area (Å²) in [5.74, 6) is 0. The van der Waals surface area contributed by atoms with E-state index in [1.165, 1.54) is 0 Å². The standard InChI is InChI=1S/4K.7O.2Sb/q4*+1;7*-2;2*+3. The third-order valence-electron chi connectivity index (χ3n) is 0. The molecule has 0 aromatic rings. The molecular formula is K4O7Sb2-4. The van der Waals surface area contributed by atoms with Crippen LogP contribution < -0.4 is 206 Å². The van der Waals surface area contributed by atoms with Gasteiger partial charge in [-0.05, 0) is 0 Å². The maximum Gasteiger partial charge on any atom is 3.00 e. The van der Waals surface area contributed by atoms with Gasteiger partial charge in [0.25, 0.3) is 0 Å². The summed E-state index contributed by atoms with van der Waals surface area (Å²) in [6.07, 6.45) is 0. The van der Waals surface area contributed by atoms with Crippen molar-refractivity contribution in [1.29, 1.82) is 0 Å². The van der Waals surface area contributed by atoms with Crippen LogP contribution in [-0.4, -0.2) is 48.9 Å². The van der Waals surface area contributed by atoms with Crippen molar-refractivity contribution in [1.82, 2.24) is 0 Å². The Bertz CT molecular complexity index is 18.5. The normalized spacial score (nSPS) is 0. The summed E-state index contributed by atoms with van der Waals surface area (Å²) in [5, 5.41) is 0. The van der Waals surface area contributed by atoms with E-state index in [0.717, 1.165) is 0 Å². The molecule has 0 aliphatic heterocycles. The van der Waals surface area contributed by atoms with Crippen LogP contribution in [0.15, 0.2) is 0 Å². The predicted molar refractivity (Wildman–Crippen MR) is 16.3 cm³/mol. The largest absolute Gasteiger partial charge is 3.00 e. The Hall–Kier alpha value is 7.90. The average molecular weight is 512 g/mol. The number of hydrogen-bond acceptors (Lipinski definition) is 0. The fraction of sp³-hybridized carbons (Fsp3) is 0. The molecule has 0 rings (SSSR count). The molecule has 0 aliphatic carbocycles. The van der Waals surface area contributed by atoms with E-state index in [1.54, 1.807) is 0 Å². The molecule has 0 atom stereocenters. The molecule has 0 amide bonds. The van der Waals surface area contributed by atoms with Gasteiger partial charge in [-0.2, -0.15) is 0 Å². The van der Waals surface area contributed by atoms with Crippen LogP contribution in [0.4, 0.5) is 0 Å². The number of rotatable bonds is 0. The maximum absolute atomic E-state index is 0. The van der Waals surface area contributed by atoms with Crippen LogP contribution in [0, 0.1) is 0 Å². The zero-order chi connectivity index (χ0) is 0. The van der Waals surface area contributed by atoms with Gasteiger partial charge >= 0.3 is 254 Å². The Morgan fingerprint density at radius 1 is 0.231 bits per heavy atom. The third kappa shape index (κ3) is 102. The van der Waals surface area contributed by atoms with Gasteiger partial charge < -0.3 is 38.3 Å². The zero-order valence-corrected chi connectivity index (χ0v) is 25.4. The van der Waals surface area contributed by atoms with Crippen molar-refractivity contribution >= 4 is 48.9 Å². The molecule has 7 nitrogen and oxygen atoms in total. The number of hydrogen-bond donors (Lipinski definition) is 0. The Labute approximate surface area is 283 Å². The van der Waals surface area contributed by atoms with Gasteiger partial charge in [-0.25, -0.2) is 0 Å². The molecular weight excluding hydrogens is 512 g/mol. The van der Waals surface area contributed by atoms with Crippen LogP contribution in [0.25, 0.3) is 0 Å². The first-order chi connectivity index (χ1) is 0. The van der Waals surface area contributed by atoms with Crippen LogP contribution in [-0.2, 0) is 38.3 Å². The minimum absolute atomic E-state index is 0. The first-order valence-electron chi connectivity index (χ1n) is 0. The van der Waals surface area contributed by atoms with Gasteiger partial charge in [-0.15, -0.1) is 0 Å². The average Bonchev–Trinajstić information content (AvgIpc) is 0. The second kappa shape index (κ2) is 114. The third-order valence-corrected chi connectivity index (χ3v) is 0. The van der Waals surface area contributed by atoms with Crippen molar-refractivity contribution in [2.75, 3.05) is 0 Å². The van der Waals surface area contributed by atoms with Gasteiger partial charge in [-0.3, -0.25) is 0 Å². The molecule has 0 saturated heterocycles. The predicted octanol–water partition coefficient (Wildman–Crippen LogP) is -13.6. The summed E-state index contributed by atoms with van der Waals surface area (Å²) in [6.45, 7) is 0. The second-order valence-corrected chi connectivity index (χ2v) is 0. The molecule has 0 aromatic heterocycles. The molecule has 0 aliphatic rings. The van der Waals surface area contributed by atoms with Crippen molar-refractivity contribution in [2.24, 2.45) is 0 Å². The van der Waals surface area contributed by atoms with Crippen LogP contribution in [0.2, 0.25) is 0 Å². The fourth-order valence-electron chi connectivity index (χ4n) is 0. The van der Waals surface area contributed by atoms with E-state index in [9.17, 15) is 0 Å². The van der Waals surface area contributed by atoms with Crippen LogP contribution in [0.1, 0.15) is 0 Å². The van der Waals surface area contributed by atoms with E-state index in [4.69, 9.17) is 0 Å². The van der Waals surface area contributed by atoms with Crippen LogP contribution in [0.5, 0.6) is 0 Å². The molecule has 0 N–H and O–H groups in total. The Balaban J connectivity index is 0. The Morgan fingerprint density at radius 3 is 0.231 bits per heavy atom. The molecule has 0 fully saturated rings. The fourth-order valence-corrected chi connectivity index (χ4v) is 0. The zero-order valence-electron chi connectivity index (χ0n) is 7.75. The quantitative estimate of drug-likeness (QED) is 0.278. The van der Waals surface area contributed by atoms with Crippen molar-refractivity contribution in [3.05, 3.63) is 0 Å². The molecule has 13 heteroatoms. The summed E-state index contributed by atoms with van der Waals surface area (Å²) < 4.78 is 0. The van der Waals surface area contributed by atoms with Crippen molar-refractivity contribution < 1.29 is 244 Å².